The van der Waals surface area contributed by atoms with E-state index in [9.17, 15) is 9.18 Å². The molecule has 0 unspecified atom stereocenters. The maximum Gasteiger partial charge on any atom is 0.256 e. The molecule has 0 saturated heterocycles. The second-order valence-electron chi connectivity index (χ2n) is 5.45. The van der Waals surface area contributed by atoms with Crippen molar-refractivity contribution in [1.29, 1.82) is 0 Å². The first-order valence-electron chi connectivity index (χ1n) is 7.62. The predicted octanol–water partition coefficient (Wildman–Crippen LogP) is 2.50. The summed E-state index contributed by atoms with van der Waals surface area (Å²) in [7, 11) is 0. The topological polar surface area (TPSA) is 93.8 Å². The quantitative estimate of drug-likeness (QED) is 0.763. The highest BCUT2D eigenvalue weighted by Gasteiger charge is 2.14. The molecule has 2 aromatic heterocycles. The van der Waals surface area contributed by atoms with Crippen molar-refractivity contribution >= 4 is 11.7 Å². The van der Waals surface area contributed by atoms with Gasteiger partial charge in [-0.2, -0.15) is 0 Å². The van der Waals surface area contributed by atoms with Gasteiger partial charge in [0.15, 0.2) is 5.82 Å². The number of amides is 1. The molecule has 25 heavy (non-hydrogen) atoms. The van der Waals surface area contributed by atoms with Crippen molar-refractivity contribution in [3.05, 3.63) is 71.4 Å². The van der Waals surface area contributed by atoms with Crippen molar-refractivity contribution in [3.8, 4) is 11.4 Å². The van der Waals surface area contributed by atoms with Gasteiger partial charge in [0.2, 0.25) is 0 Å². The number of carbonyl (C=O) groups is 1. The van der Waals surface area contributed by atoms with E-state index in [2.05, 4.69) is 20.3 Å². The van der Waals surface area contributed by atoms with Gasteiger partial charge in [0, 0.05) is 18.0 Å². The third-order valence-electron chi connectivity index (χ3n) is 3.70. The zero-order valence-electron chi connectivity index (χ0n) is 13.5. The van der Waals surface area contributed by atoms with E-state index in [1.54, 1.807) is 18.3 Å². The van der Waals surface area contributed by atoms with Crippen molar-refractivity contribution in [2.45, 2.75) is 13.5 Å². The Labute approximate surface area is 144 Å². The fourth-order valence-electron chi connectivity index (χ4n) is 2.27. The van der Waals surface area contributed by atoms with E-state index in [4.69, 9.17) is 5.73 Å². The number of pyridine rings is 1. The van der Waals surface area contributed by atoms with E-state index in [0.29, 0.717) is 11.4 Å². The molecule has 6 nitrogen and oxygen atoms in total. The Balaban J connectivity index is 1.75. The lowest BCUT2D eigenvalue weighted by Gasteiger charge is -2.09. The molecule has 7 heteroatoms. The van der Waals surface area contributed by atoms with E-state index in [1.165, 1.54) is 18.3 Å². The average molecular weight is 337 g/mol. The third kappa shape index (κ3) is 3.77. The van der Waals surface area contributed by atoms with Crippen LogP contribution in [0.2, 0.25) is 0 Å². The lowest BCUT2D eigenvalue weighted by atomic mass is 10.2. The van der Waals surface area contributed by atoms with Crippen LogP contribution in [0.3, 0.4) is 0 Å². The SMILES string of the molecule is Cc1cccnc1CNC(=O)c1cnc(-c2ccc(F)cc2)nc1N. The molecule has 2 heterocycles. The summed E-state index contributed by atoms with van der Waals surface area (Å²) in [4.78, 5) is 24.8. The van der Waals surface area contributed by atoms with Gasteiger partial charge in [0.25, 0.3) is 5.91 Å². The molecule has 0 atom stereocenters. The van der Waals surface area contributed by atoms with E-state index >= 15 is 0 Å². The number of rotatable bonds is 4. The molecule has 0 saturated carbocycles. The molecule has 0 fully saturated rings. The first-order valence-corrected chi connectivity index (χ1v) is 7.62. The van der Waals surface area contributed by atoms with Crippen LogP contribution in [0.4, 0.5) is 10.2 Å². The zero-order valence-corrected chi connectivity index (χ0v) is 13.5. The molecule has 0 aliphatic heterocycles. The first kappa shape index (κ1) is 16.5. The number of benzene rings is 1. The fourth-order valence-corrected chi connectivity index (χ4v) is 2.27. The largest absolute Gasteiger partial charge is 0.383 e. The standard InChI is InChI=1S/C18H16FN5O/c1-11-3-2-8-21-15(11)10-23-18(25)14-9-22-17(24-16(14)20)12-4-6-13(19)7-5-12/h2-9H,10H2,1H3,(H,23,25)(H2,20,22,24). The van der Waals surface area contributed by atoms with Crippen LogP contribution in [0.25, 0.3) is 11.4 Å². The molecule has 0 radical (unpaired) electrons. The number of carbonyl (C=O) groups excluding carboxylic acids is 1. The number of hydrogen-bond acceptors (Lipinski definition) is 5. The van der Waals surface area contributed by atoms with Gasteiger partial charge in [-0.25, -0.2) is 14.4 Å². The number of nitrogens with two attached hydrogens (primary N) is 1. The summed E-state index contributed by atoms with van der Waals surface area (Å²) >= 11 is 0. The lowest BCUT2D eigenvalue weighted by Crippen LogP contribution is -2.25. The van der Waals surface area contributed by atoms with E-state index < -0.39 is 0 Å². The maximum atomic E-state index is 13.0. The number of nitrogens with one attached hydrogen (secondary N) is 1. The minimum atomic E-state index is -0.381. The summed E-state index contributed by atoms with van der Waals surface area (Å²) < 4.78 is 13.0. The number of anilines is 1. The molecule has 1 amide bonds. The van der Waals surface area contributed by atoms with Crippen LogP contribution >= 0.6 is 0 Å². The number of halogens is 1. The molecular weight excluding hydrogens is 321 g/mol. The number of hydrogen-bond donors (Lipinski definition) is 2. The first-order chi connectivity index (χ1) is 12.0. The second kappa shape index (κ2) is 7.04. The van der Waals surface area contributed by atoms with E-state index in [0.717, 1.165) is 11.3 Å². The molecule has 0 aliphatic carbocycles. The van der Waals surface area contributed by atoms with Crippen molar-refractivity contribution in [2.24, 2.45) is 0 Å². The molecule has 0 aliphatic rings. The molecular formula is C18H16FN5O. The fraction of sp³-hybridized carbons (Fsp3) is 0.111. The number of nitrogens with zero attached hydrogens (tertiary/aromatic N) is 3. The normalized spacial score (nSPS) is 10.5. The van der Waals surface area contributed by atoms with Gasteiger partial charge in [0.05, 0.1) is 17.8 Å². The molecule has 0 bridgehead atoms. The molecule has 0 spiro atoms. The van der Waals surface area contributed by atoms with Crippen LogP contribution in [-0.2, 0) is 6.54 Å². The second-order valence-corrected chi connectivity index (χ2v) is 5.45. The summed E-state index contributed by atoms with van der Waals surface area (Å²) in [6, 6.07) is 9.47. The Bertz CT molecular complexity index is 912. The summed E-state index contributed by atoms with van der Waals surface area (Å²) in [6.07, 6.45) is 3.03. The van der Waals surface area contributed by atoms with Gasteiger partial charge >= 0.3 is 0 Å². The van der Waals surface area contributed by atoms with E-state index in [1.807, 2.05) is 19.1 Å². The van der Waals surface area contributed by atoms with Crippen molar-refractivity contribution < 1.29 is 9.18 Å². The Morgan fingerprint density at radius 3 is 2.64 bits per heavy atom. The number of aromatic nitrogens is 3. The van der Waals surface area contributed by atoms with Gasteiger partial charge in [-0.15, -0.1) is 0 Å². The monoisotopic (exact) mass is 337 g/mol. The summed E-state index contributed by atoms with van der Waals surface area (Å²) in [6.45, 7) is 2.20. The van der Waals surface area contributed by atoms with Crippen molar-refractivity contribution in [3.63, 3.8) is 0 Å². The average Bonchev–Trinajstić information content (AvgIpc) is 2.61. The van der Waals surface area contributed by atoms with Gasteiger partial charge in [-0.1, -0.05) is 6.07 Å². The lowest BCUT2D eigenvalue weighted by molar-refractivity contribution is 0.0950. The highest BCUT2D eigenvalue weighted by molar-refractivity contribution is 5.98. The minimum Gasteiger partial charge on any atom is -0.383 e. The van der Waals surface area contributed by atoms with Crippen LogP contribution in [0, 0.1) is 12.7 Å². The Morgan fingerprint density at radius 2 is 1.96 bits per heavy atom. The summed E-state index contributed by atoms with van der Waals surface area (Å²) in [5, 5.41) is 2.75. The van der Waals surface area contributed by atoms with Crippen LogP contribution in [0.15, 0.2) is 48.8 Å². The molecule has 126 valence electrons. The smallest absolute Gasteiger partial charge is 0.256 e. The summed E-state index contributed by atoms with van der Waals surface area (Å²) in [5.41, 5.74) is 8.44. The van der Waals surface area contributed by atoms with Gasteiger partial charge in [-0.3, -0.25) is 9.78 Å². The van der Waals surface area contributed by atoms with Crippen LogP contribution in [0.1, 0.15) is 21.6 Å². The molecule has 3 N–H and O–H groups in total. The Morgan fingerprint density at radius 1 is 1.20 bits per heavy atom. The van der Waals surface area contributed by atoms with Crippen LogP contribution in [0.5, 0.6) is 0 Å². The van der Waals surface area contributed by atoms with Gasteiger partial charge in [-0.05, 0) is 42.8 Å². The predicted molar refractivity (Wildman–Crippen MR) is 92.0 cm³/mol. The summed E-state index contributed by atoms with van der Waals surface area (Å²) in [5.74, 6) is -0.343. The van der Waals surface area contributed by atoms with Crippen LogP contribution in [-0.4, -0.2) is 20.9 Å². The Hall–Kier alpha value is -3.35. The highest BCUT2D eigenvalue weighted by atomic mass is 19.1. The Kier molecular flexibility index (Phi) is 4.65. The highest BCUT2D eigenvalue weighted by Crippen LogP contribution is 2.18. The van der Waals surface area contributed by atoms with E-state index in [-0.39, 0.29) is 29.7 Å². The van der Waals surface area contributed by atoms with Gasteiger partial charge in [0.1, 0.15) is 11.6 Å². The molecule has 3 rings (SSSR count). The number of nitrogen functional groups attached to an aromatic ring is 1. The maximum absolute atomic E-state index is 13.0. The minimum absolute atomic E-state index is 0.0598. The zero-order chi connectivity index (χ0) is 17.8. The number of aryl methyl sites for hydroxylation is 1. The van der Waals surface area contributed by atoms with Crippen molar-refractivity contribution in [2.75, 3.05) is 5.73 Å². The van der Waals surface area contributed by atoms with Crippen LogP contribution < -0.4 is 11.1 Å². The van der Waals surface area contributed by atoms with Crippen molar-refractivity contribution in [1.82, 2.24) is 20.3 Å². The molecule has 1 aromatic carbocycles. The van der Waals surface area contributed by atoms with Gasteiger partial charge < -0.3 is 11.1 Å². The third-order valence-corrected chi connectivity index (χ3v) is 3.70. The molecule has 3 aromatic rings.